The maximum Gasteiger partial charge on any atom is 0.195 e. The van der Waals surface area contributed by atoms with Crippen LogP contribution in [0.25, 0.3) is 5.69 Å². The summed E-state index contributed by atoms with van der Waals surface area (Å²) in [6.45, 7) is 0. The van der Waals surface area contributed by atoms with Crippen LogP contribution < -0.4 is 4.74 Å². The Labute approximate surface area is 138 Å². The Bertz CT molecular complexity index is 758. The molecule has 0 aliphatic carbocycles. The Morgan fingerprint density at radius 3 is 2.64 bits per heavy atom. The lowest BCUT2D eigenvalue weighted by Crippen LogP contribution is -1.95. The number of nitrogens with zero attached hydrogens (tertiary/aromatic N) is 3. The van der Waals surface area contributed by atoms with Gasteiger partial charge < -0.3 is 4.74 Å². The molecule has 0 N–H and O–H groups in total. The van der Waals surface area contributed by atoms with Crippen LogP contribution in [0.3, 0.4) is 0 Å². The maximum absolute atomic E-state index is 6.18. The summed E-state index contributed by atoms with van der Waals surface area (Å²) in [5, 5.41) is 9.78. The highest BCUT2D eigenvalue weighted by Crippen LogP contribution is 2.27. The van der Waals surface area contributed by atoms with E-state index in [2.05, 4.69) is 10.2 Å². The summed E-state index contributed by atoms with van der Waals surface area (Å²) in [7, 11) is 1.65. The Morgan fingerprint density at radius 2 is 1.91 bits per heavy atom. The van der Waals surface area contributed by atoms with E-state index in [1.165, 1.54) is 0 Å². The minimum Gasteiger partial charge on any atom is -0.497 e. The third kappa shape index (κ3) is 3.26. The van der Waals surface area contributed by atoms with Crippen LogP contribution in [0.2, 0.25) is 5.02 Å². The summed E-state index contributed by atoms with van der Waals surface area (Å²) in [5.41, 5.74) is 2.07. The molecule has 0 atom stereocenters. The third-order valence-electron chi connectivity index (χ3n) is 3.18. The fourth-order valence-corrected chi connectivity index (χ4v) is 3.22. The lowest BCUT2D eigenvalue weighted by atomic mass is 10.2. The van der Waals surface area contributed by atoms with Crippen LogP contribution in [-0.2, 0) is 5.75 Å². The van der Waals surface area contributed by atoms with Crippen molar-refractivity contribution >= 4 is 23.4 Å². The van der Waals surface area contributed by atoms with Crippen molar-refractivity contribution in [1.29, 1.82) is 0 Å². The molecule has 0 spiro atoms. The second-order valence-corrected chi connectivity index (χ2v) is 5.91. The predicted octanol–water partition coefficient (Wildman–Crippen LogP) is 4.22. The summed E-state index contributed by atoms with van der Waals surface area (Å²) in [6.07, 6.45) is 1.71. The first-order chi connectivity index (χ1) is 10.8. The zero-order valence-corrected chi connectivity index (χ0v) is 13.5. The van der Waals surface area contributed by atoms with Gasteiger partial charge in [0.05, 0.1) is 7.11 Å². The number of hydrogen-bond acceptors (Lipinski definition) is 4. The van der Waals surface area contributed by atoms with Crippen molar-refractivity contribution < 1.29 is 4.74 Å². The van der Waals surface area contributed by atoms with Gasteiger partial charge in [-0.1, -0.05) is 41.6 Å². The topological polar surface area (TPSA) is 39.9 Å². The minimum atomic E-state index is 0.745. The quantitative estimate of drug-likeness (QED) is 0.656. The van der Waals surface area contributed by atoms with E-state index < -0.39 is 0 Å². The molecule has 6 heteroatoms. The summed E-state index contributed by atoms with van der Waals surface area (Å²) in [6, 6.07) is 15.6. The smallest absolute Gasteiger partial charge is 0.195 e. The molecule has 1 heterocycles. The molecule has 0 amide bonds. The molecular formula is C16H14ClN3OS. The van der Waals surface area contributed by atoms with Gasteiger partial charge in [-0.25, -0.2) is 0 Å². The van der Waals surface area contributed by atoms with Crippen molar-refractivity contribution in [2.45, 2.75) is 10.9 Å². The first-order valence-corrected chi connectivity index (χ1v) is 8.05. The molecule has 0 unspecified atom stereocenters. The van der Waals surface area contributed by atoms with E-state index in [4.69, 9.17) is 16.3 Å². The normalized spacial score (nSPS) is 10.6. The van der Waals surface area contributed by atoms with E-state index in [9.17, 15) is 0 Å². The number of ether oxygens (including phenoxy) is 1. The Kier molecular flexibility index (Phi) is 4.65. The Balaban J connectivity index is 1.78. The van der Waals surface area contributed by atoms with Gasteiger partial charge in [0.1, 0.15) is 12.1 Å². The van der Waals surface area contributed by atoms with Gasteiger partial charge in [-0.05, 0) is 35.9 Å². The SMILES string of the molecule is COc1ccc(-n2cnnc2SCc2ccccc2Cl)cc1. The molecule has 0 fully saturated rings. The van der Waals surface area contributed by atoms with Gasteiger partial charge in [-0.15, -0.1) is 10.2 Å². The minimum absolute atomic E-state index is 0.745. The molecule has 3 rings (SSSR count). The number of methoxy groups -OCH3 is 1. The standard InChI is InChI=1S/C16H14ClN3OS/c1-21-14-8-6-13(7-9-14)20-11-18-19-16(20)22-10-12-4-2-3-5-15(12)17/h2-9,11H,10H2,1H3. The van der Waals surface area contributed by atoms with Crippen LogP contribution in [0.15, 0.2) is 60.0 Å². The first-order valence-electron chi connectivity index (χ1n) is 6.68. The van der Waals surface area contributed by atoms with Crippen LogP contribution in [0.5, 0.6) is 5.75 Å². The zero-order valence-electron chi connectivity index (χ0n) is 11.9. The van der Waals surface area contributed by atoms with Gasteiger partial charge in [-0.2, -0.15) is 0 Å². The predicted molar refractivity (Wildman–Crippen MR) is 88.9 cm³/mol. The summed E-state index contributed by atoms with van der Waals surface area (Å²) < 4.78 is 7.12. The average molecular weight is 332 g/mol. The van der Waals surface area contributed by atoms with Gasteiger partial charge in [-0.3, -0.25) is 4.57 Å². The highest BCUT2D eigenvalue weighted by molar-refractivity contribution is 7.98. The van der Waals surface area contributed by atoms with E-state index in [1.54, 1.807) is 25.2 Å². The highest BCUT2D eigenvalue weighted by atomic mass is 35.5. The molecule has 0 saturated carbocycles. The van der Waals surface area contributed by atoms with Crippen LogP contribution in [-0.4, -0.2) is 21.9 Å². The monoisotopic (exact) mass is 331 g/mol. The number of rotatable bonds is 5. The molecule has 0 saturated heterocycles. The lowest BCUT2D eigenvalue weighted by Gasteiger charge is -2.08. The summed E-state index contributed by atoms with van der Waals surface area (Å²) >= 11 is 7.78. The van der Waals surface area contributed by atoms with Crippen LogP contribution in [0, 0.1) is 0 Å². The zero-order chi connectivity index (χ0) is 15.4. The van der Waals surface area contributed by atoms with Gasteiger partial charge in [0.15, 0.2) is 5.16 Å². The van der Waals surface area contributed by atoms with Crippen molar-refractivity contribution in [2.75, 3.05) is 7.11 Å². The van der Waals surface area contributed by atoms with Crippen LogP contribution >= 0.6 is 23.4 Å². The molecular weight excluding hydrogens is 318 g/mol. The van der Waals surface area contributed by atoms with E-state index >= 15 is 0 Å². The van der Waals surface area contributed by atoms with E-state index in [-0.39, 0.29) is 0 Å². The largest absolute Gasteiger partial charge is 0.497 e. The second kappa shape index (κ2) is 6.85. The number of halogens is 1. The molecule has 3 aromatic rings. The molecule has 22 heavy (non-hydrogen) atoms. The van der Waals surface area contributed by atoms with Crippen molar-refractivity contribution in [1.82, 2.24) is 14.8 Å². The maximum atomic E-state index is 6.18. The van der Waals surface area contributed by atoms with Gasteiger partial charge >= 0.3 is 0 Å². The van der Waals surface area contributed by atoms with Crippen molar-refractivity contribution in [3.63, 3.8) is 0 Å². The molecule has 2 aromatic carbocycles. The second-order valence-electron chi connectivity index (χ2n) is 4.56. The number of thioether (sulfide) groups is 1. The summed E-state index contributed by atoms with van der Waals surface area (Å²) in [5.74, 6) is 1.57. The van der Waals surface area contributed by atoms with Gasteiger partial charge in [0, 0.05) is 16.5 Å². The molecule has 0 bridgehead atoms. The van der Waals surface area contributed by atoms with Crippen LogP contribution in [0.4, 0.5) is 0 Å². The van der Waals surface area contributed by atoms with Crippen molar-refractivity contribution in [3.05, 3.63) is 65.4 Å². The first kappa shape index (κ1) is 14.9. The van der Waals surface area contributed by atoms with E-state index in [0.717, 1.165) is 32.9 Å². The lowest BCUT2D eigenvalue weighted by molar-refractivity contribution is 0.414. The van der Waals surface area contributed by atoms with Crippen molar-refractivity contribution in [2.24, 2.45) is 0 Å². The highest BCUT2D eigenvalue weighted by Gasteiger charge is 2.09. The molecule has 112 valence electrons. The molecule has 0 radical (unpaired) electrons. The number of benzene rings is 2. The number of aromatic nitrogens is 3. The fourth-order valence-electron chi connectivity index (χ4n) is 2.00. The average Bonchev–Trinajstić information content (AvgIpc) is 3.03. The third-order valence-corrected chi connectivity index (χ3v) is 4.54. The van der Waals surface area contributed by atoms with Crippen LogP contribution in [0.1, 0.15) is 5.56 Å². The molecule has 0 aliphatic rings. The summed E-state index contributed by atoms with van der Waals surface area (Å²) in [4.78, 5) is 0. The van der Waals surface area contributed by atoms with Gasteiger partial charge in [0.2, 0.25) is 0 Å². The molecule has 1 aromatic heterocycles. The van der Waals surface area contributed by atoms with E-state index in [1.807, 2.05) is 53.1 Å². The van der Waals surface area contributed by atoms with E-state index in [0.29, 0.717) is 0 Å². The molecule has 4 nitrogen and oxygen atoms in total. The number of hydrogen-bond donors (Lipinski definition) is 0. The van der Waals surface area contributed by atoms with Crippen molar-refractivity contribution in [3.8, 4) is 11.4 Å². The Hall–Kier alpha value is -1.98. The Morgan fingerprint density at radius 1 is 1.14 bits per heavy atom. The molecule has 0 aliphatic heterocycles. The van der Waals surface area contributed by atoms with Gasteiger partial charge in [0.25, 0.3) is 0 Å². The fraction of sp³-hybridized carbons (Fsp3) is 0.125.